The molecule has 2 saturated heterocycles. The molecule has 0 bridgehead atoms. The van der Waals surface area contributed by atoms with E-state index < -0.39 is 0 Å². The van der Waals surface area contributed by atoms with Crippen LogP contribution in [0.1, 0.15) is 43.4 Å². The normalized spacial score (nSPS) is 23.5. The Morgan fingerprint density at radius 2 is 1.85 bits per heavy atom. The summed E-state index contributed by atoms with van der Waals surface area (Å²) < 4.78 is 6.23. The zero-order chi connectivity index (χ0) is 16.6. The van der Waals surface area contributed by atoms with Crippen LogP contribution >= 0.6 is 24.8 Å². The van der Waals surface area contributed by atoms with Crippen molar-refractivity contribution in [1.82, 2.24) is 15.3 Å². The zero-order valence-corrected chi connectivity index (χ0v) is 17.3. The molecular formula is C18H31Cl2N5O. The smallest absolute Gasteiger partial charge is 0.227 e. The summed E-state index contributed by atoms with van der Waals surface area (Å²) in [4.78, 5) is 11.6. The maximum Gasteiger partial charge on any atom is 0.227 e. The number of nitrogens with zero attached hydrogens (tertiary/aromatic N) is 3. The second-order valence-corrected chi connectivity index (χ2v) is 7.69. The largest absolute Gasteiger partial charge is 0.373 e. The van der Waals surface area contributed by atoms with Crippen LogP contribution in [0.25, 0.3) is 0 Å². The van der Waals surface area contributed by atoms with E-state index >= 15 is 0 Å². The van der Waals surface area contributed by atoms with E-state index in [2.05, 4.69) is 10.6 Å². The molecule has 1 spiro atoms. The summed E-state index contributed by atoms with van der Waals surface area (Å²) in [7, 11) is 4.02. The van der Waals surface area contributed by atoms with Crippen LogP contribution in [0.5, 0.6) is 0 Å². The Bertz CT molecular complexity index is 607. The van der Waals surface area contributed by atoms with E-state index in [0.29, 0.717) is 6.04 Å². The molecular weight excluding hydrogens is 373 g/mol. The average Bonchev–Trinajstić information content (AvgIpc) is 2.97. The fourth-order valence-electron chi connectivity index (χ4n) is 4.26. The van der Waals surface area contributed by atoms with Gasteiger partial charge in [0.15, 0.2) is 0 Å². The van der Waals surface area contributed by atoms with Gasteiger partial charge in [0.1, 0.15) is 5.82 Å². The van der Waals surface area contributed by atoms with E-state index in [4.69, 9.17) is 14.7 Å². The molecule has 2 N–H and O–H groups in total. The second kappa shape index (κ2) is 8.91. The number of rotatable bonds is 3. The molecule has 3 heterocycles. The van der Waals surface area contributed by atoms with Gasteiger partial charge < -0.3 is 20.3 Å². The first-order chi connectivity index (χ1) is 11.7. The van der Waals surface area contributed by atoms with Crippen LogP contribution in [0.2, 0.25) is 0 Å². The third-order valence-electron chi connectivity index (χ3n) is 5.64. The number of anilines is 2. The van der Waals surface area contributed by atoms with Gasteiger partial charge in [0, 0.05) is 19.7 Å². The minimum atomic E-state index is 0. The third kappa shape index (κ3) is 4.35. The predicted octanol–water partition coefficient (Wildman–Crippen LogP) is 2.59. The quantitative estimate of drug-likeness (QED) is 0.808. The van der Waals surface area contributed by atoms with Gasteiger partial charge in [-0.05, 0) is 58.0 Å². The molecule has 0 radical (unpaired) electrons. The van der Waals surface area contributed by atoms with Crippen molar-refractivity contribution in [2.24, 2.45) is 0 Å². The molecule has 148 valence electrons. The maximum absolute atomic E-state index is 6.23. The van der Waals surface area contributed by atoms with Gasteiger partial charge in [0.2, 0.25) is 5.95 Å². The molecule has 3 aliphatic rings. The lowest BCUT2D eigenvalue weighted by Gasteiger charge is -2.33. The van der Waals surface area contributed by atoms with Crippen LogP contribution in [0.4, 0.5) is 11.8 Å². The number of ether oxygens (including phenoxy) is 1. The van der Waals surface area contributed by atoms with Crippen molar-refractivity contribution >= 4 is 36.6 Å². The molecule has 2 aliphatic heterocycles. The van der Waals surface area contributed by atoms with Gasteiger partial charge in [0.05, 0.1) is 23.9 Å². The van der Waals surface area contributed by atoms with Crippen molar-refractivity contribution in [1.29, 1.82) is 0 Å². The maximum atomic E-state index is 6.23. The third-order valence-corrected chi connectivity index (χ3v) is 5.64. The number of nitrogens with one attached hydrogen (secondary N) is 2. The van der Waals surface area contributed by atoms with Gasteiger partial charge in [-0.1, -0.05) is 0 Å². The first kappa shape index (κ1) is 21.5. The van der Waals surface area contributed by atoms with Crippen LogP contribution in [0.3, 0.4) is 0 Å². The first-order valence-corrected chi connectivity index (χ1v) is 9.34. The van der Waals surface area contributed by atoms with Crippen molar-refractivity contribution in [2.75, 3.05) is 44.0 Å². The molecule has 0 saturated carbocycles. The first-order valence-electron chi connectivity index (χ1n) is 9.34. The Kier molecular flexibility index (Phi) is 7.36. The fourth-order valence-corrected chi connectivity index (χ4v) is 4.26. The summed E-state index contributed by atoms with van der Waals surface area (Å²) in [6.07, 6.45) is 7.97. The molecule has 1 atom stereocenters. The highest BCUT2D eigenvalue weighted by Gasteiger charge is 2.41. The molecule has 2 fully saturated rings. The van der Waals surface area contributed by atoms with Crippen molar-refractivity contribution < 1.29 is 4.74 Å². The molecule has 0 amide bonds. The van der Waals surface area contributed by atoms with E-state index in [0.717, 1.165) is 63.6 Å². The standard InChI is InChI=1S/C18H29N5O.2ClH/c1-23(2)17-21-15-6-4-3-5-14(15)16(22-17)20-13-11-18(24-12-13)7-9-19-10-8-18;;/h13,19H,3-12H2,1-2H3,(H,20,21,22);2*1H. The fraction of sp³-hybridized carbons (Fsp3) is 0.778. The number of aromatic nitrogens is 2. The summed E-state index contributed by atoms with van der Waals surface area (Å²) in [6.45, 7) is 2.93. The van der Waals surface area contributed by atoms with Gasteiger partial charge in [-0.25, -0.2) is 4.98 Å². The Morgan fingerprint density at radius 3 is 2.58 bits per heavy atom. The highest BCUT2D eigenvalue weighted by molar-refractivity contribution is 5.85. The Hall–Kier alpha value is -0.820. The highest BCUT2D eigenvalue weighted by atomic mass is 35.5. The van der Waals surface area contributed by atoms with Crippen LogP contribution in [0.15, 0.2) is 0 Å². The topological polar surface area (TPSA) is 62.3 Å². The molecule has 6 nitrogen and oxygen atoms in total. The van der Waals surface area contributed by atoms with Gasteiger partial charge in [-0.3, -0.25) is 0 Å². The lowest BCUT2D eigenvalue weighted by molar-refractivity contribution is -0.0192. The summed E-state index contributed by atoms with van der Waals surface area (Å²) in [5, 5.41) is 7.15. The predicted molar refractivity (Wildman–Crippen MR) is 110 cm³/mol. The van der Waals surface area contributed by atoms with Crippen molar-refractivity contribution in [3.05, 3.63) is 11.3 Å². The molecule has 26 heavy (non-hydrogen) atoms. The minimum absolute atomic E-state index is 0. The van der Waals surface area contributed by atoms with E-state index in [-0.39, 0.29) is 30.4 Å². The molecule has 0 aromatic carbocycles. The lowest BCUT2D eigenvalue weighted by Crippen LogP contribution is -2.41. The number of aryl methyl sites for hydroxylation is 1. The lowest BCUT2D eigenvalue weighted by atomic mass is 9.88. The van der Waals surface area contributed by atoms with Crippen LogP contribution < -0.4 is 15.5 Å². The Morgan fingerprint density at radius 1 is 1.12 bits per heavy atom. The minimum Gasteiger partial charge on any atom is -0.373 e. The summed E-state index contributed by atoms with van der Waals surface area (Å²) in [6, 6.07) is 0.360. The van der Waals surface area contributed by atoms with Crippen molar-refractivity contribution in [2.45, 2.75) is 56.6 Å². The van der Waals surface area contributed by atoms with Gasteiger partial charge in [-0.15, -0.1) is 24.8 Å². The highest BCUT2D eigenvalue weighted by Crippen LogP contribution is 2.36. The van der Waals surface area contributed by atoms with Gasteiger partial charge in [0.25, 0.3) is 0 Å². The summed E-state index contributed by atoms with van der Waals surface area (Å²) in [5.41, 5.74) is 2.65. The van der Waals surface area contributed by atoms with Crippen LogP contribution in [0, 0.1) is 0 Å². The molecule has 1 aromatic heterocycles. The number of hydrogen-bond donors (Lipinski definition) is 2. The Balaban J connectivity index is 0.00000121. The van der Waals surface area contributed by atoms with E-state index in [1.165, 1.54) is 24.1 Å². The van der Waals surface area contributed by atoms with Crippen LogP contribution in [-0.2, 0) is 17.6 Å². The number of halogens is 2. The van der Waals surface area contributed by atoms with Gasteiger partial charge >= 0.3 is 0 Å². The van der Waals surface area contributed by atoms with E-state index in [1.54, 1.807) is 0 Å². The molecule has 1 aliphatic carbocycles. The number of fused-ring (bicyclic) bond motifs is 1. The number of hydrogen-bond acceptors (Lipinski definition) is 6. The van der Waals surface area contributed by atoms with Crippen molar-refractivity contribution in [3.8, 4) is 0 Å². The molecule has 8 heteroatoms. The van der Waals surface area contributed by atoms with E-state index in [1.807, 2.05) is 19.0 Å². The van der Waals surface area contributed by atoms with Crippen LogP contribution in [-0.4, -0.2) is 55.4 Å². The van der Waals surface area contributed by atoms with Gasteiger partial charge in [-0.2, -0.15) is 4.98 Å². The SMILES string of the molecule is CN(C)c1nc2c(c(NC3COC4(CCNCC4)C3)n1)CCCC2.Cl.Cl. The molecule has 4 rings (SSSR count). The molecule has 1 aromatic rings. The second-order valence-electron chi connectivity index (χ2n) is 7.69. The van der Waals surface area contributed by atoms with Crippen molar-refractivity contribution in [3.63, 3.8) is 0 Å². The average molecular weight is 404 g/mol. The number of piperidine rings is 1. The molecule has 1 unspecified atom stereocenters. The summed E-state index contributed by atoms with van der Waals surface area (Å²) >= 11 is 0. The monoisotopic (exact) mass is 403 g/mol. The summed E-state index contributed by atoms with van der Waals surface area (Å²) in [5.74, 6) is 1.86. The Labute approximate surface area is 168 Å². The van der Waals surface area contributed by atoms with E-state index in [9.17, 15) is 0 Å². The zero-order valence-electron chi connectivity index (χ0n) is 15.7.